The summed E-state index contributed by atoms with van der Waals surface area (Å²) in [6.07, 6.45) is 8.55. The Morgan fingerprint density at radius 2 is 2.14 bits per heavy atom. The number of rotatable bonds is 1. The lowest BCUT2D eigenvalue weighted by atomic mass is 10.2. The van der Waals surface area contributed by atoms with Gasteiger partial charge in [0.2, 0.25) is 0 Å². The van der Waals surface area contributed by atoms with Gasteiger partial charge < -0.3 is 5.32 Å². The Labute approximate surface area is 82.3 Å². The molecule has 0 aliphatic heterocycles. The predicted molar refractivity (Wildman–Crippen MR) is 50.8 cm³/mol. The zero-order valence-corrected chi connectivity index (χ0v) is 7.89. The average Bonchev–Trinajstić information content (AvgIpc) is 2.69. The van der Waals surface area contributed by atoms with Crippen LogP contribution in [0.1, 0.15) is 19.3 Å². The van der Waals surface area contributed by atoms with Gasteiger partial charge in [0, 0.05) is 18.4 Å². The summed E-state index contributed by atoms with van der Waals surface area (Å²) in [5.74, 6) is 1.81. The molecule has 4 heteroatoms. The van der Waals surface area contributed by atoms with E-state index in [9.17, 15) is 4.79 Å². The van der Waals surface area contributed by atoms with Gasteiger partial charge in [0.15, 0.2) is 0 Å². The topological polar surface area (TPSA) is 46.9 Å². The minimum Gasteiger partial charge on any atom is -0.335 e. The van der Waals surface area contributed by atoms with Crippen LogP contribution in [0.25, 0.3) is 0 Å². The van der Waals surface area contributed by atoms with Crippen LogP contribution < -0.4 is 5.32 Å². The maximum Gasteiger partial charge on any atom is 0.327 e. The summed E-state index contributed by atoms with van der Waals surface area (Å²) in [6.45, 7) is 0. The molecular weight excluding hydrogens is 178 g/mol. The van der Waals surface area contributed by atoms with Crippen molar-refractivity contribution in [3.63, 3.8) is 0 Å². The van der Waals surface area contributed by atoms with Crippen LogP contribution in [0, 0.1) is 11.8 Å². The van der Waals surface area contributed by atoms with Crippen LogP contribution in [0.2, 0.25) is 0 Å². The number of aromatic nitrogens is 2. The van der Waals surface area contributed by atoms with E-state index in [1.807, 2.05) is 0 Å². The number of amides is 1. The van der Waals surface area contributed by atoms with E-state index in [2.05, 4.69) is 10.3 Å². The lowest BCUT2D eigenvalue weighted by Crippen LogP contribution is -2.36. The smallest absolute Gasteiger partial charge is 0.327 e. The second kappa shape index (κ2) is 2.83. The average molecular weight is 191 g/mol. The van der Waals surface area contributed by atoms with Crippen LogP contribution in [0.3, 0.4) is 0 Å². The largest absolute Gasteiger partial charge is 0.335 e. The summed E-state index contributed by atoms with van der Waals surface area (Å²) >= 11 is 0. The van der Waals surface area contributed by atoms with E-state index in [0.717, 1.165) is 11.8 Å². The molecule has 2 aliphatic rings. The van der Waals surface area contributed by atoms with Gasteiger partial charge in [0.25, 0.3) is 0 Å². The van der Waals surface area contributed by atoms with Gasteiger partial charge in [-0.25, -0.2) is 9.78 Å². The van der Waals surface area contributed by atoms with Gasteiger partial charge in [0.05, 0.1) is 0 Å². The first-order valence-electron chi connectivity index (χ1n) is 5.12. The Hall–Kier alpha value is -1.32. The molecule has 14 heavy (non-hydrogen) atoms. The molecule has 74 valence electrons. The molecular formula is C10H13N3O. The molecule has 4 nitrogen and oxygen atoms in total. The van der Waals surface area contributed by atoms with E-state index in [0.29, 0.717) is 6.04 Å². The molecule has 2 fully saturated rings. The predicted octanol–water partition coefficient (Wildman–Crippen LogP) is 1.24. The number of imidazole rings is 1. The molecule has 1 aromatic rings. The third-order valence-corrected chi connectivity index (χ3v) is 3.31. The number of fused-ring (bicyclic) bond motifs is 1. The van der Waals surface area contributed by atoms with Gasteiger partial charge in [0.1, 0.15) is 6.33 Å². The van der Waals surface area contributed by atoms with Crippen LogP contribution in [0.5, 0.6) is 0 Å². The molecule has 0 saturated heterocycles. The van der Waals surface area contributed by atoms with Crippen LogP contribution >= 0.6 is 0 Å². The first-order valence-corrected chi connectivity index (χ1v) is 5.12. The lowest BCUT2D eigenvalue weighted by molar-refractivity contribution is 0.237. The van der Waals surface area contributed by atoms with E-state index in [1.165, 1.54) is 30.2 Å². The molecule has 2 unspecified atom stereocenters. The van der Waals surface area contributed by atoms with Crippen molar-refractivity contribution in [3.8, 4) is 0 Å². The fourth-order valence-electron chi connectivity index (χ4n) is 2.46. The summed E-state index contributed by atoms with van der Waals surface area (Å²) in [4.78, 5) is 15.4. The standard InChI is InChI=1S/C10H13N3O/c14-10(13-2-1-11-6-13)12-9-4-7-3-8(7)5-9/h1-2,6-9H,3-5H2,(H,12,14). The monoisotopic (exact) mass is 191 g/mol. The van der Waals surface area contributed by atoms with E-state index < -0.39 is 0 Å². The Balaban J connectivity index is 1.60. The summed E-state index contributed by atoms with van der Waals surface area (Å²) in [6, 6.07) is 0.349. The van der Waals surface area contributed by atoms with Crippen molar-refractivity contribution < 1.29 is 4.79 Å². The second-order valence-corrected chi connectivity index (χ2v) is 4.34. The SMILES string of the molecule is O=C(NC1CC2CC2C1)n1ccnc1. The first-order chi connectivity index (χ1) is 6.83. The quantitative estimate of drug-likeness (QED) is 0.726. The molecule has 0 aromatic carbocycles. The van der Waals surface area contributed by atoms with Crippen molar-refractivity contribution in [1.29, 1.82) is 0 Å². The van der Waals surface area contributed by atoms with Gasteiger partial charge in [-0.2, -0.15) is 0 Å². The Bertz CT molecular complexity index is 336. The van der Waals surface area contributed by atoms with Crippen LogP contribution in [0.15, 0.2) is 18.7 Å². The zero-order valence-electron chi connectivity index (χ0n) is 7.89. The van der Waals surface area contributed by atoms with Gasteiger partial charge in [-0.05, 0) is 31.1 Å². The zero-order chi connectivity index (χ0) is 9.54. The highest BCUT2D eigenvalue weighted by molar-refractivity contribution is 5.76. The highest BCUT2D eigenvalue weighted by Crippen LogP contribution is 2.51. The number of hydrogen-bond acceptors (Lipinski definition) is 2. The Morgan fingerprint density at radius 1 is 1.36 bits per heavy atom. The molecule has 0 spiro atoms. The van der Waals surface area contributed by atoms with Crippen LogP contribution in [-0.4, -0.2) is 21.6 Å². The Kier molecular flexibility index (Phi) is 1.63. The molecule has 3 rings (SSSR count). The lowest BCUT2D eigenvalue weighted by Gasteiger charge is -2.13. The van der Waals surface area contributed by atoms with Gasteiger partial charge >= 0.3 is 6.03 Å². The molecule has 2 aliphatic carbocycles. The fourth-order valence-corrected chi connectivity index (χ4v) is 2.46. The molecule has 1 aromatic heterocycles. The fraction of sp³-hybridized carbons (Fsp3) is 0.600. The maximum atomic E-state index is 11.6. The third-order valence-electron chi connectivity index (χ3n) is 3.31. The summed E-state index contributed by atoms with van der Waals surface area (Å²) < 4.78 is 1.49. The van der Waals surface area contributed by atoms with Crippen molar-refractivity contribution in [1.82, 2.24) is 14.9 Å². The molecule has 0 bridgehead atoms. The van der Waals surface area contributed by atoms with E-state index >= 15 is 0 Å². The van der Waals surface area contributed by atoms with Crippen LogP contribution in [0.4, 0.5) is 4.79 Å². The molecule has 2 saturated carbocycles. The molecule has 1 heterocycles. The molecule has 1 amide bonds. The van der Waals surface area contributed by atoms with Crippen LogP contribution in [-0.2, 0) is 0 Å². The van der Waals surface area contributed by atoms with Crippen molar-refractivity contribution in [3.05, 3.63) is 18.7 Å². The number of carbonyl (C=O) groups excluding carboxylic acids is 1. The van der Waals surface area contributed by atoms with Crippen molar-refractivity contribution in [2.24, 2.45) is 11.8 Å². The molecule has 2 atom stereocenters. The third kappa shape index (κ3) is 1.31. The summed E-state index contributed by atoms with van der Waals surface area (Å²) in [5.41, 5.74) is 0. The molecule has 1 N–H and O–H groups in total. The Morgan fingerprint density at radius 3 is 2.79 bits per heavy atom. The minimum absolute atomic E-state index is 0.0474. The van der Waals surface area contributed by atoms with E-state index in [-0.39, 0.29) is 6.03 Å². The minimum atomic E-state index is -0.0474. The number of carbonyl (C=O) groups is 1. The second-order valence-electron chi connectivity index (χ2n) is 4.34. The number of hydrogen-bond donors (Lipinski definition) is 1. The van der Waals surface area contributed by atoms with Gasteiger partial charge in [-0.3, -0.25) is 4.57 Å². The van der Waals surface area contributed by atoms with Crippen molar-refractivity contribution in [2.75, 3.05) is 0 Å². The van der Waals surface area contributed by atoms with Gasteiger partial charge in [-0.15, -0.1) is 0 Å². The normalized spacial score (nSPS) is 33.9. The van der Waals surface area contributed by atoms with E-state index in [1.54, 1.807) is 12.4 Å². The number of nitrogens with zero attached hydrogens (tertiary/aromatic N) is 2. The van der Waals surface area contributed by atoms with Gasteiger partial charge in [-0.1, -0.05) is 0 Å². The summed E-state index contributed by atoms with van der Waals surface area (Å²) in [5, 5.41) is 3.03. The van der Waals surface area contributed by atoms with Crippen molar-refractivity contribution >= 4 is 6.03 Å². The van der Waals surface area contributed by atoms with Crippen molar-refractivity contribution in [2.45, 2.75) is 25.3 Å². The number of nitrogens with one attached hydrogen (secondary N) is 1. The highest BCUT2D eigenvalue weighted by Gasteiger charge is 2.46. The molecule has 0 radical (unpaired) electrons. The highest BCUT2D eigenvalue weighted by atomic mass is 16.2. The first kappa shape index (κ1) is 8.03. The maximum absolute atomic E-state index is 11.6. The summed E-state index contributed by atoms with van der Waals surface area (Å²) in [7, 11) is 0. The van der Waals surface area contributed by atoms with E-state index in [4.69, 9.17) is 0 Å².